The first-order valence-electron chi connectivity index (χ1n) is 12.6. The molecule has 0 N–H and O–H groups in total. The van der Waals surface area contributed by atoms with E-state index in [0.29, 0.717) is 19.6 Å². The lowest BCUT2D eigenvalue weighted by atomic mass is 10.2. The number of imidazole rings is 1. The Morgan fingerprint density at radius 3 is 2.72 bits per heavy atom. The van der Waals surface area contributed by atoms with Gasteiger partial charge in [0.1, 0.15) is 6.33 Å². The van der Waals surface area contributed by atoms with Gasteiger partial charge in [0.25, 0.3) is 0 Å². The molecule has 9 heteroatoms. The predicted octanol–water partition coefficient (Wildman–Crippen LogP) is 4.72. The van der Waals surface area contributed by atoms with E-state index in [1.807, 2.05) is 18.2 Å². The van der Waals surface area contributed by atoms with Crippen LogP contribution in [0.1, 0.15) is 35.9 Å². The number of morpholine rings is 1. The maximum Gasteiger partial charge on any atom is 0.231 e. The molecule has 3 aromatic heterocycles. The zero-order valence-electron chi connectivity index (χ0n) is 20.7. The van der Waals surface area contributed by atoms with Crippen molar-refractivity contribution in [1.82, 2.24) is 24.4 Å². The summed E-state index contributed by atoms with van der Waals surface area (Å²) in [5, 5.41) is 0. The minimum absolute atomic E-state index is 0.0877. The average molecular weight is 505 g/mol. The molecule has 0 radical (unpaired) electrons. The van der Waals surface area contributed by atoms with Crippen LogP contribution < -0.4 is 4.90 Å². The Labute approximate surface area is 215 Å². The number of anilines is 1. The molecule has 1 saturated heterocycles. The topological polar surface area (TPSA) is 76.4 Å². The highest BCUT2D eigenvalue weighted by Gasteiger charge is 2.21. The molecule has 0 saturated carbocycles. The molecular weight excluding hydrogens is 472 g/mol. The van der Waals surface area contributed by atoms with Crippen molar-refractivity contribution in [3.63, 3.8) is 0 Å². The molecule has 0 bridgehead atoms. The lowest BCUT2D eigenvalue weighted by molar-refractivity contribution is 0.0894. The van der Waals surface area contributed by atoms with Crippen molar-refractivity contribution in [2.24, 2.45) is 0 Å². The number of hydrogen-bond donors (Lipinski definition) is 0. The number of ether oxygens (including phenoxy) is 1. The monoisotopic (exact) mass is 504 g/mol. The number of aromatic nitrogens is 4. The highest BCUT2D eigenvalue weighted by Crippen LogP contribution is 2.35. The smallest absolute Gasteiger partial charge is 0.231 e. The van der Waals surface area contributed by atoms with Gasteiger partial charge in [-0.15, -0.1) is 11.3 Å². The Kier molecular flexibility index (Phi) is 8.00. The lowest BCUT2D eigenvalue weighted by Gasteiger charge is -2.28. The van der Waals surface area contributed by atoms with Crippen LogP contribution in [0.15, 0.2) is 55.1 Å². The van der Waals surface area contributed by atoms with Gasteiger partial charge >= 0.3 is 0 Å². The van der Waals surface area contributed by atoms with Crippen LogP contribution in [0.2, 0.25) is 0 Å². The van der Waals surface area contributed by atoms with E-state index in [1.54, 1.807) is 34.6 Å². The second-order valence-corrected chi connectivity index (χ2v) is 10.1. The van der Waals surface area contributed by atoms with Crippen molar-refractivity contribution >= 4 is 33.3 Å². The van der Waals surface area contributed by atoms with Gasteiger partial charge in [-0.3, -0.25) is 14.3 Å². The Morgan fingerprint density at radius 1 is 1.14 bits per heavy atom. The Morgan fingerprint density at radius 2 is 1.97 bits per heavy atom. The number of thiophene rings is 1. The number of carbonyl (C=O) groups is 1. The molecule has 4 aromatic rings. The van der Waals surface area contributed by atoms with Crippen molar-refractivity contribution < 1.29 is 9.53 Å². The van der Waals surface area contributed by atoms with Crippen LogP contribution in [0.4, 0.5) is 5.82 Å². The minimum Gasteiger partial charge on any atom is -0.378 e. The molecule has 0 spiro atoms. The molecule has 36 heavy (non-hydrogen) atoms. The normalized spacial score (nSPS) is 14.1. The second-order valence-electron chi connectivity index (χ2n) is 9.01. The fourth-order valence-electron chi connectivity index (χ4n) is 4.54. The summed E-state index contributed by atoms with van der Waals surface area (Å²) in [6, 6.07) is 12.4. The average Bonchev–Trinajstić information content (AvgIpc) is 3.59. The summed E-state index contributed by atoms with van der Waals surface area (Å²) in [5.74, 6) is 1.86. The van der Waals surface area contributed by atoms with Crippen LogP contribution in [-0.4, -0.2) is 69.7 Å². The van der Waals surface area contributed by atoms with E-state index in [4.69, 9.17) is 14.7 Å². The van der Waals surface area contributed by atoms with Gasteiger partial charge in [0, 0.05) is 48.9 Å². The molecule has 5 rings (SSSR count). The van der Waals surface area contributed by atoms with Gasteiger partial charge in [-0.1, -0.05) is 37.3 Å². The molecule has 1 fully saturated rings. The summed E-state index contributed by atoms with van der Waals surface area (Å²) in [6.45, 7) is 8.00. The zero-order valence-corrected chi connectivity index (χ0v) is 21.5. The fourth-order valence-corrected chi connectivity index (χ4v) is 5.70. The first-order valence-corrected chi connectivity index (χ1v) is 13.4. The van der Waals surface area contributed by atoms with Crippen molar-refractivity contribution in [2.75, 3.05) is 44.3 Å². The molecule has 0 unspecified atom stereocenters. The molecule has 4 heterocycles. The van der Waals surface area contributed by atoms with Crippen molar-refractivity contribution in [3.8, 4) is 11.4 Å². The summed E-state index contributed by atoms with van der Waals surface area (Å²) in [7, 11) is 0. The third-order valence-corrected chi connectivity index (χ3v) is 7.43. The van der Waals surface area contributed by atoms with E-state index in [-0.39, 0.29) is 5.91 Å². The van der Waals surface area contributed by atoms with Gasteiger partial charge in [0.15, 0.2) is 11.6 Å². The summed E-state index contributed by atoms with van der Waals surface area (Å²) in [5.41, 5.74) is 2.02. The highest BCUT2D eigenvalue weighted by atomic mass is 32.1. The zero-order chi connectivity index (χ0) is 24.7. The maximum absolute atomic E-state index is 12.3. The number of fused-ring (bicyclic) bond motifs is 1. The predicted molar refractivity (Wildman–Crippen MR) is 144 cm³/mol. The molecule has 188 valence electrons. The maximum atomic E-state index is 12.3. The van der Waals surface area contributed by atoms with E-state index in [0.717, 1.165) is 73.0 Å². The van der Waals surface area contributed by atoms with Crippen molar-refractivity contribution in [3.05, 3.63) is 60.0 Å². The van der Waals surface area contributed by atoms with Crippen molar-refractivity contribution in [1.29, 1.82) is 0 Å². The molecule has 8 nitrogen and oxygen atoms in total. The number of carbonyl (C=O) groups excluding carboxylic acids is 1. The van der Waals surface area contributed by atoms with E-state index in [9.17, 15) is 4.79 Å². The number of nitrogens with zero attached hydrogens (tertiary/aromatic N) is 6. The minimum atomic E-state index is 0.0877. The number of hydrogen-bond acceptors (Lipinski definition) is 8. The summed E-state index contributed by atoms with van der Waals surface area (Å²) in [4.78, 5) is 32.3. The first-order chi connectivity index (χ1) is 17.7. The summed E-state index contributed by atoms with van der Waals surface area (Å²) >= 11 is 1.78. The van der Waals surface area contributed by atoms with E-state index in [1.165, 1.54) is 4.88 Å². The SMILES string of the molecule is CCCN(CCCC(=O)n1ccnc1)Cc1cc2nc(-c3ccccc3)nc(N3CCOCC3)c2s1. The highest BCUT2D eigenvalue weighted by molar-refractivity contribution is 7.19. The van der Waals surface area contributed by atoms with Gasteiger partial charge in [0.2, 0.25) is 5.91 Å². The van der Waals surface area contributed by atoms with Crippen LogP contribution >= 0.6 is 11.3 Å². The van der Waals surface area contributed by atoms with Crippen LogP contribution in [0.3, 0.4) is 0 Å². The standard InChI is InChI=1S/C27H32N6O2S/c1-2-11-31(12-6-9-24(34)33-13-10-28-20-33)19-22-18-23-25(36-22)27(32-14-16-35-17-15-32)30-26(29-23)21-7-4-3-5-8-21/h3-5,7-8,10,13,18,20H,2,6,9,11-12,14-17,19H2,1H3. The quantitative estimate of drug-likeness (QED) is 0.309. The summed E-state index contributed by atoms with van der Waals surface area (Å²) in [6.07, 6.45) is 7.31. The molecule has 1 aliphatic heterocycles. The lowest BCUT2D eigenvalue weighted by Crippen LogP contribution is -2.36. The van der Waals surface area contributed by atoms with E-state index >= 15 is 0 Å². The largest absolute Gasteiger partial charge is 0.378 e. The van der Waals surface area contributed by atoms with Crippen LogP contribution in [-0.2, 0) is 11.3 Å². The Balaban J connectivity index is 1.36. The van der Waals surface area contributed by atoms with Crippen molar-refractivity contribution in [2.45, 2.75) is 32.7 Å². The molecule has 1 aliphatic rings. The van der Waals surface area contributed by atoms with Gasteiger partial charge in [-0.25, -0.2) is 15.0 Å². The number of benzene rings is 1. The van der Waals surface area contributed by atoms with E-state index < -0.39 is 0 Å². The molecule has 0 aliphatic carbocycles. The van der Waals surface area contributed by atoms with Gasteiger partial charge in [-0.2, -0.15) is 0 Å². The third-order valence-electron chi connectivity index (χ3n) is 6.32. The van der Waals surface area contributed by atoms with Crippen LogP contribution in [0.5, 0.6) is 0 Å². The number of rotatable bonds is 10. The third kappa shape index (κ3) is 5.80. The Bertz CT molecular complexity index is 1270. The molecular formula is C27H32N6O2S. The molecule has 0 amide bonds. The van der Waals surface area contributed by atoms with Crippen LogP contribution in [0.25, 0.3) is 21.6 Å². The van der Waals surface area contributed by atoms with Gasteiger partial charge in [0.05, 0.1) is 23.4 Å². The van der Waals surface area contributed by atoms with Gasteiger partial charge in [-0.05, 0) is 32.0 Å². The summed E-state index contributed by atoms with van der Waals surface area (Å²) < 4.78 is 8.29. The molecule has 0 atom stereocenters. The molecule has 1 aromatic carbocycles. The van der Waals surface area contributed by atoms with Gasteiger partial charge < -0.3 is 9.64 Å². The second kappa shape index (κ2) is 11.7. The van der Waals surface area contributed by atoms with Crippen LogP contribution in [0, 0.1) is 0 Å². The Hall–Kier alpha value is -3.14. The van der Waals surface area contributed by atoms with E-state index in [2.05, 4.69) is 39.9 Å². The fraction of sp³-hybridized carbons (Fsp3) is 0.407. The first kappa shape index (κ1) is 24.5.